The van der Waals surface area contributed by atoms with Crippen molar-refractivity contribution in [2.24, 2.45) is 0 Å². The highest BCUT2D eigenvalue weighted by molar-refractivity contribution is 5.91. The predicted molar refractivity (Wildman–Crippen MR) is 127 cm³/mol. The maximum absolute atomic E-state index is 12.5. The molecule has 0 aliphatic heterocycles. The van der Waals surface area contributed by atoms with E-state index in [2.05, 4.69) is 35.0 Å². The molecule has 2 heterocycles. The molecule has 0 radical (unpaired) electrons. The molecular weight excluding hydrogens is 398 g/mol. The molecule has 1 aliphatic rings. The van der Waals surface area contributed by atoms with E-state index in [1.54, 1.807) is 18.2 Å². The van der Waals surface area contributed by atoms with Gasteiger partial charge in [-0.1, -0.05) is 49.6 Å². The number of imidazole rings is 1. The fraction of sp³-hybridized carbons (Fsp3) is 0.259. The van der Waals surface area contributed by atoms with Gasteiger partial charge in [-0.2, -0.15) is 0 Å². The number of hydrogen-bond acceptors (Lipinski definition) is 4. The van der Waals surface area contributed by atoms with Crippen molar-refractivity contribution in [3.05, 3.63) is 84.1 Å². The maximum atomic E-state index is 12.5. The topological polar surface area (TPSA) is 55.6 Å². The summed E-state index contributed by atoms with van der Waals surface area (Å²) in [5, 5.41) is 3.77. The SMILES string of the molecule is Cc1ccn2c(NC3CCCCC3)c(-c3cccc(OC(=O)c4ccccc4)c3)nc2c1. The summed E-state index contributed by atoms with van der Waals surface area (Å²) in [5.41, 5.74) is 4.40. The van der Waals surface area contributed by atoms with Crippen molar-refractivity contribution in [2.75, 3.05) is 5.32 Å². The molecule has 0 amide bonds. The van der Waals surface area contributed by atoms with E-state index in [-0.39, 0.29) is 5.97 Å². The van der Waals surface area contributed by atoms with Gasteiger partial charge in [0.05, 0.1) is 5.56 Å². The molecule has 2 aromatic carbocycles. The minimum atomic E-state index is -0.367. The van der Waals surface area contributed by atoms with E-state index >= 15 is 0 Å². The van der Waals surface area contributed by atoms with Crippen molar-refractivity contribution < 1.29 is 9.53 Å². The smallest absolute Gasteiger partial charge is 0.343 e. The van der Waals surface area contributed by atoms with Gasteiger partial charge >= 0.3 is 5.97 Å². The lowest BCUT2D eigenvalue weighted by molar-refractivity contribution is 0.0735. The number of esters is 1. The van der Waals surface area contributed by atoms with Gasteiger partial charge in [0.25, 0.3) is 0 Å². The fourth-order valence-corrected chi connectivity index (χ4v) is 4.37. The van der Waals surface area contributed by atoms with Crippen molar-refractivity contribution in [3.8, 4) is 17.0 Å². The first-order valence-electron chi connectivity index (χ1n) is 11.3. The van der Waals surface area contributed by atoms with Crippen molar-refractivity contribution in [1.82, 2.24) is 9.38 Å². The normalized spacial score (nSPS) is 14.4. The molecule has 0 atom stereocenters. The average Bonchev–Trinajstić information content (AvgIpc) is 3.17. The van der Waals surface area contributed by atoms with Crippen LogP contribution in [0.4, 0.5) is 5.82 Å². The van der Waals surface area contributed by atoms with Crippen molar-refractivity contribution >= 4 is 17.4 Å². The summed E-state index contributed by atoms with van der Waals surface area (Å²) in [4.78, 5) is 17.5. The molecule has 0 bridgehead atoms. The zero-order valence-electron chi connectivity index (χ0n) is 18.3. The Bertz CT molecular complexity index is 1240. The number of ether oxygens (including phenoxy) is 1. The predicted octanol–water partition coefficient (Wildman–Crippen LogP) is 6.27. The number of carbonyl (C=O) groups excluding carboxylic acids is 1. The molecule has 0 saturated heterocycles. The van der Waals surface area contributed by atoms with Gasteiger partial charge in [-0.25, -0.2) is 9.78 Å². The number of pyridine rings is 1. The first-order valence-corrected chi connectivity index (χ1v) is 11.3. The van der Waals surface area contributed by atoms with E-state index in [1.807, 2.05) is 36.4 Å². The Hall–Kier alpha value is -3.60. The molecule has 4 aromatic rings. The number of nitrogens with zero attached hydrogens (tertiary/aromatic N) is 2. The number of benzene rings is 2. The molecule has 2 aromatic heterocycles. The third-order valence-electron chi connectivity index (χ3n) is 6.06. The number of hydrogen-bond donors (Lipinski definition) is 1. The van der Waals surface area contributed by atoms with Gasteiger partial charge in [0.15, 0.2) is 0 Å². The second-order valence-corrected chi connectivity index (χ2v) is 8.50. The second kappa shape index (κ2) is 8.87. The Morgan fingerprint density at radius 3 is 2.62 bits per heavy atom. The quantitative estimate of drug-likeness (QED) is 0.302. The first-order chi connectivity index (χ1) is 15.7. The Morgan fingerprint density at radius 1 is 1.00 bits per heavy atom. The Balaban J connectivity index is 1.50. The molecule has 0 unspecified atom stereocenters. The third-order valence-corrected chi connectivity index (χ3v) is 6.06. The van der Waals surface area contributed by atoms with Crippen LogP contribution in [0.1, 0.15) is 48.0 Å². The number of anilines is 1. The Kier molecular flexibility index (Phi) is 5.63. The standard InChI is InChI=1S/C27H27N3O2/c1-19-15-16-30-24(17-19)29-25(26(30)28-22-12-6-3-7-13-22)21-11-8-14-23(18-21)32-27(31)20-9-4-2-5-10-20/h2,4-5,8-11,14-18,22,28H,3,6-7,12-13H2,1H3. The van der Waals surface area contributed by atoms with Crippen LogP contribution in [-0.2, 0) is 0 Å². The first kappa shape index (κ1) is 20.3. The van der Waals surface area contributed by atoms with Crippen molar-refractivity contribution in [1.29, 1.82) is 0 Å². The van der Waals surface area contributed by atoms with Gasteiger partial charge in [-0.05, 0) is 61.7 Å². The summed E-state index contributed by atoms with van der Waals surface area (Å²) in [6, 6.07) is 21.3. The van der Waals surface area contributed by atoms with E-state index in [9.17, 15) is 4.79 Å². The lowest BCUT2D eigenvalue weighted by Gasteiger charge is -2.24. The molecular formula is C27H27N3O2. The van der Waals surface area contributed by atoms with Crippen LogP contribution in [0.5, 0.6) is 5.75 Å². The third kappa shape index (κ3) is 4.24. The van der Waals surface area contributed by atoms with Crippen LogP contribution in [-0.4, -0.2) is 21.4 Å². The molecule has 5 nitrogen and oxygen atoms in total. The second-order valence-electron chi connectivity index (χ2n) is 8.50. The summed E-state index contributed by atoms with van der Waals surface area (Å²) in [6.45, 7) is 2.08. The molecule has 162 valence electrons. The molecule has 5 rings (SSSR count). The molecule has 1 saturated carbocycles. The van der Waals surface area contributed by atoms with Crippen LogP contribution in [0.3, 0.4) is 0 Å². The summed E-state index contributed by atoms with van der Waals surface area (Å²) < 4.78 is 7.78. The van der Waals surface area contributed by atoms with Crippen LogP contribution in [0.25, 0.3) is 16.9 Å². The molecule has 1 aliphatic carbocycles. The number of carbonyl (C=O) groups is 1. The van der Waals surface area contributed by atoms with Crippen LogP contribution in [0.15, 0.2) is 72.9 Å². The van der Waals surface area contributed by atoms with E-state index in [4.69, 9.17) is 9.72 Å². The van der Waals surface area contributed by atoms with Gasteiger partial charge in [0, 0.05) is 17.8 Å². The largest absolute Gasteiger partial charge is 0.423 e. The maximum Gasteiger partial charge on any atom is 0.343 e. The van der Waals surface area contributed by atoms with Crippen LogP contribution in [0, 0.1) is 6.92 Å². The number of fused-ring (bicyclic) bond motifs is 1. The molecule has 32 heavy (non-hydrogen) atoms. The molecule has 5 heteroatoms. The average molecular weight is 426 g/mol. The van der Waals surface area contributed by atoms with Crippen LogP contribution in [0.2, 0.25) is 0 Å². The van der Waals surface area contributed by atoms with Crippen molar-refractivity contribution in [2.45, 2.75) is 45.1 Å². The zero-order valence-corrected chi connectivity index (χ0v) is 18.3. The number of aromatic nitrogens is 2. The Labute approximate surface area is 188 Å². The Morgan fingerprint density at radius 2 is 1.81 bits per heavy atom. The molecule has 1 N–H and O–H groups in total. The van der Waals surface area contributed by atoms with Crippen molar-refractivity contribution in [3.63, 3.8) is 0 Å². The van der Waals surface area contributed by atoms with Crippen LogP contribution < -0.4 is 10.1 Å². The van der Waals surface area contributed by atoms with Gasteiger partial charge in [-0.3, -0.25) is 4.40 Å². The molecule has 1 fully saturated rings. The number of rotatable bonds is 5. The molecule has 0 spiro atoms. The zero-order chi connectivity index (χ0) is 21.9. The minimum absolute atomic E-state index is 0.367. The highest BCUT2D eigenvalue weighted by atomic mass is 16.5. The van der Waals surface area contributed by atoms with E-state index < -0.39 is 0 Å². The monoisotopic (exact) mass is 425 g/mol. The summed E-state index contributed by atoms with van der Waals surface area (Å²) in [6.07, 6.45) is 8.25. The summed E-state index contributed by atoms with van der Waals surface area (Å²) in [5.74, 6) is 1.14. The number of aryl methyl sites for hydroxylation is 1. The highest BCUT2D eigenvalue weighted by Crippen LogP contribution is 2.33. The number of nitrogens with one attached hydrogen (secondary N) is 1. The van der Waals surface area contributed by atoms with E-state index in [0.717, 1.165) is 22.7 Å². The van der Waals surface area contributed by atoms with E-state index in [1.165, 1.54) is 37.7 Å². The van der Waals surface area contributed by atoms with E-state index in [0.29, 0.717) is 17.4 Å². The lowest BCUT2D eigenvalue weighted by atomic mass is 9.95. The summed E-state index contributed by atoms with van der Waals surface area (Å²) >= 11 is 0. The van der Waals surface area contributed by atoms with Gasteiger partial charge in [-0.15, -0.1) is 0 Å². The minimum Gasteiger partial charge on any atom is -0.423 e. The highest BCUT2D eigenvalue weighted by Gasteiger charge is 2.20. The van der Waals surface area contributed by atoms with Gasteiger partial charge in [0.2, 0.25) is 0 Å². The lowest BCUT2D eigenvalue weighted by Crippen LogP contribution is -2.23. The van der Waals surface area contributed by atoms with Gasteiger partial charge < -0.3 is 10.1 Å². The van der Waals surface area contributed by atoms with Crippen LogP contribution >= 0.6 is 0 Å². The summed E-state index contributed by atoms with van der Waals surface area (Å²) in [7, 11) is 0. The fourth-order valence-electron chi connectivity index (χ4n) is 4.37. The van der Waals surface area contributed by atoms with Gasteiger partial charge in [0.1, 0.15) is 22.9 Å².